The highest BCUT2D eigenvalue weighted by atomic mass is 16.4. The summed E-state index contributed by atoms with van der Waals surface area (Å²) in [5.41, 5.74) is 2.31. The zero-order chi connectivity index (χ0) is 31.9. The van der Waals surface area contributed by atoms with Gasteiger partial charge in [0.05, 0.1) is 18.4 Å². The van der Waals surface area contributed by atoms with Crippen LogP contribution in [-0.4, -0.2) is 51.9 Å². The fraction of sp³-hybridized carbons (Fsp3) is 0.441. The summed E-state index contributed by atoms with van der Waals surface area (Å²) in [7, 11) is 0. The molecule has 0 saturated heterocycles. The fourth-order valence-corrected chi connectivity index (χ4v) is 3.29. The molecule has 0 radical (unpaired) electrons. The number of carbonyl (C=O) groups is 3. The first-order chi connectivity index (χ1) is 19.8. The van der Waals surface area contributed by atoms with Crippen LogP contribution in [0.15, 0.2) is 95.8 Å². The van der Waals surface area contributed by atoms with Gasteiger partial charge in [-0.25, -0.2) is 0 Å². The number of aliphatic carboxylic acids is 1. The molecule has 0 saturated carbocycles. The van der Waals surface area contributed by atoms with E-state index in [0.717, 1.165) is 18.4 Å². The van der Waals surface area contributed by atoms with E-state index < -0.39 is 24.1 Å². The number of nitrogens with one attached hydrogen (secondary N) is 2. The number of aliphatic hydroxyl groups excluding tert-OH is 2. The highest BCUT2D eigenvalue weighted by Crippen LogP contribution is 2.07. The van der Waals surface area contributed by atoms with Gasteiger partial charge in [0.1, 0.15) is 6.10 Å². The van der Waals surface area contributed by atoms with Gasteiger partial charge in [-0.2, -0.15) is 0 Å². The standard InChI is InChI=1S/C34H50N2O6/c1-25(2)23-31(38)33(40)35-22-16-9-7-8-11-17-26(3)18-14-15-19-27(4)30(37)24-32(39)36-29(6)21-13-10-12-20-28(5)34(41)42/h7-8,10-15,17-21,25,28,30-31,37-38H,9,16,22-24H2,1-6H3,(H,35,40)(H,36,39)(H,41,42)/b8-7-,13-10+,15-14-,17-11+,20-12+,26-18+,27-19-,29-21-. The third kappa shape index (κ3) is 21.1. The summed E-state index contributed by atoms with van der Waals surface area (Å²) >= 11 is 0. The van der Waals surface area contributed by atoms with Crippen molar-refractivity contribution in [3.63, 3.8) is 0 Å². The molecule has 0 aromatic rings. The van der Waals surface area contributed by atoms with E-state index in [2.05, 4.69) is 10.6 Å². The maximum Gasteiger partial charge on any atom is 0.310 e. The average molecular weight is 583 g/mol. The molecule has 0 aliphatic rings. The number of hydrogen-bond acceptors (Lipinski definition) is 5. The van der Waals surface area contributed by atoms with Crippen LogP contribution in [0.25, 0.3) is 0 Å². The van der Waals surface area contributed by atoms with Crippen LogP contribution >= 0.6 is 0 Å². The minimum atomic E-state index is -0.942. The Hall–Kier alpha value is -3.75. The number of amides is 2. The van der Waals surface area contributed by atoms with Gasteiger partial charge >= 0.3 is 5.97 Å². The van der Waals surface area contributed by atoms with Crippen molar-refractivity contribution in [2.24, 2.45) is 11.8 Å². The number of carbonyl (C=O) groups excluding carboxylic acids is 2. The molecule has 0 aromatic carbocycles. The Morgan fingerprint density at radius 3 is 2.14 bits per heavy atom. The van der Waals surface area contributed by atoms with Crippen LogP contribution in [0, 0.1) is 11.8 Å². The number of carboxylic acid groups (broad SMARTS) is 1. The van der Waals surface area contributed by atoms with Gasteiger partial charge in [-0.1, -0.05) is 92.3 Å². The van der Waals surface area contributed by atoms with Crippen LogP contribution in [0.3, 0.4) is 0 Å². The lowest BCUT2D eigenvalue weighted by molar-refractivity contribution is -0.139. The molecule has 0 fully saturated rings. The zero-order valence-corrected chi connectivity index (χ0v) is 25.9. The van der Waals surface area contributed by atoms with Crippen molar-refractivity contribution >= 4 is 17.8 Å². The van der Waals surface area contributed by atoms with Gasteiger partial charge in [0, 0.05) is 12.2 Å². The van der Waals surface area contributed by atoms with Crippen molar-refractivity contribution in [3.05, 3.63) is 95.8 Å². The number of rotatable bonds is 19. The van der Waals surface area contributed by atoms with E-state index in [1.54, 1.807) is 57.2 Å². The summed E-state index contributed by atoms with van der Waals surface area (Å²) in [6.45, 7) is 11.5. The van der Waals surface area contributed by atoms with Gasteiger partial charge in [0.2, 0.25) is 11.8 Å². The lowest BCUT2D eigenvalue weighted by atomic mass is 10.1. The predicted molar refractivity (Wildman–Crippen MR) is 170 cm³/mol. The van der Waals surface area contributed by atoms with Crippen LogP contribution < -0.4 is 10.6 Å². The third-order valence-corrected chi connectivity index (χ3v) is 5.88. The number of allylic oxidation sites excluding steroid dienone is 14. The molecule has 3 unspecified atom stereocenters. The molecule has 42 heavy (non-hydrogen) atoms. The van der Waals surface area contributed by atoms with Gasteiger partial charge in [0.25, 0.3) is 0 Å². The largest absolute Gasteiger partial charge is 0.481 e. The van der Waals surface area contributed by atoms with E-state index in [1.165, 1.54) is 0 Å². The van der Waals surface area contributed by atoms with Crippen molar-refractivity contribution in [2.45, 2.75) is 79.4 Å². The zero-order valence-electron chi connectivity index (χ0n) is 25.9. The smallest absolute Gasteiger partial charge is 0.310 e. The molecular weight excluding hydrogens is 532 g/mol. The van der Waals surface area contributed by atoms with Crippen molar-refractivity contribution in [3.8, 4) is 0 Å². The monoisotopic (exact) mass is 582 g/mol. The Balaban J connectivity index is 4.45. The molecule has 3 atom stereocenters. The van der Waals surface area contributed by atoms with Gasteiger partial charge in [-0.05, 0) is 64.5 Å². The van der Waals surface area contributed by atoms with E-state index in [-0.39, 0.29) is 24.2 Å². The van der Waals surface area contributed by atoms with Gasteiger partial charge in [0.15, 0.2) is 0 Å². The predicted octanol–water partition coefficient (Wildman–Crippen LogP) is 5.46. The van der Waals surface area contributed by atoms with Crippen LogP contribution in [0.1, 0.15) is 67.2 Å². The molecule has 8 heteroatoms. The van der Waals surface area contributed by atoms with Crippen LogP contribution in [-0.2, 0) is 14.4 Å². The average Bonchev–Trinajstić information content (AvgIpc) is 2.91. The van der Waals surface area contributed by atoms with E-state index in [9.17, 15) is 24.6 Å². The summed E-state index contributed by atoms with van der Waals surface area (Å²) in [5.74, 6) is -1.81. The maximum atomic E-state index is 12.2. The second-order valence-electron chi connectivity index (χ2n) is 10.6. The second kappa shape index (κ2) is 22.9. The van der Waals surface area contributed by atoms with Crippen LogP contribution in [0.4, 0.5) is 0 Å². The molecular formula is C34H50N2O6. The highest BCUT2D eigenvalue weighted by Gasteiger charge is 2.15. The van der Waals surface area contributed by atoms with E-state index in [0.29, 0.717) is 24.2 Å². The van der Waals surface area contributed by atoms with Crippen molar-refractivity contribution < 1.29 is 29.7 Å². The lowest BCUT2D eigenvalue weighted by Crippen LogP contribution is -2.35. The second-order valence-corrected chi connectivity index (χ2v) is 10.6. The van der Waals surface area contributed by atoms with Crippen LogP contribution in [0.2, 0.25) is 0 Å². The van der Waals surface area contributed by atoms with Crippen molar-refractivity contribution in [1.29, 1.82) is 0 Å². The van der Waals surface area contributed by atoms with Crippen LogP contribution in [0.5, 0.6) is 0 Å². The summed E-state index contributed by atoms with van der Waals surface area (Å²) in [4.78, 5) is 34.7. The number of aliphatic hydroxyl groups is 2. The Kier molecular flexibility index (Phi) is 20.8. The normalized spacial score (nSPS) is 15.9. The summed E-state index contributed by atoms with van der Waals surface area (Å²) < 4.78 is 0. The van der Waals surface area contributed by atoms with Crippen molar-refractivity contribution in [1.82, 2.24) is 10.6 Å². The molecule has 2 amide bonds. The lowest BCUT2D eigenvalue weighted by Gasteiger charge is -2.12. The molecule has 232 valence electrons. The summed E-state index contributed by atoms with van der Waals surface area (Å²) in [5, 5.41) is 34.4. The number of carboxylic acids is 1. The first kappa shape index (κ1) is 38.2. The van der Waals surface area contributed by atoms with E-state index in [4.69, 9.17) is 5.11 Å². The number of hydrogen-bond donors (Lipinski definition) is 5. The molecule has 0 spiro atoms. The molecule has 0 rings (SSSR count). The maximum absolute atomic E-state index is 12.2. The Morgan fingerprint density at radius 2 is 1.48 bits per heavy atom. The molecule has 8 nitrogen and oxygen atoms in total. The number of unbranched alkanes of at least 4 members (excludes halogenated alkanes) is 1. The minimum absolute atomic E-state index is 0.0719. The third-order valence-electron chi connectivity index (χ3n) is 5.88. The van der Waals surface area contributed by atoms with E-state index >= 15 is 0 Å². The molecule has 0 heterocycles. The highest BCUT2D eigenvalue weighted by molar-refractivity contribution is 5.80. The Labute approximate surface area is 251 Å². The van der Waals surface area contributed by atoms with Gasteiger partial charge < -0.3 is 26.0 Å². The first-order valence-corrected chi connectivity index (χ1v) is 14.4. The van der Waals surface area contributed by atoms with Gasteiger partial charge in [-0.15, -0.1) is 0 Å². The van der Waals surface area contributed by atoms with E-state index in [1.807, 2.05) is 63.3 Å². The molecule has 5 N–H and O–H groups in total. The Bertz CT molecular complexity index is 1090. The molecule has 0 bridgehead atoms. The van der Waals surface area contributed by atoms with Crippen molar-refractivity contribution in [2.75, 3.05) is 6.54 Å². The SMILES string of the molecule is C/C(=C/C=C/C=C/C(C)C(=O)O)NC(=O)CC(O)\C(C)=C/C=C\C=C(C)\C=C\C=C/CCCNC(=O)C(O)CC(C)C. The summed E-state index contributed by atoms with van der Waals surface area (Å²) in [6.07, 6.45) is 23.7. The first-order valence-electron chi connectivity index (χ1n) is 14.4. The summed E-state index contributed by atoms with van der Waals surface area (Å²) in [6, 6.07) is 0. The molecule has 0 aliphatic heterocycles. The van der Waals surface area contributed by atoms with Gasteiger partial charge in [-0.3, -0.25) is 14.4 Å². The fourth-order valence-electron chi connectivity index (χ4n) is 3.29. The Morgan fingerprint density at radius 1 is 0.810 bits per heavy atom. The minimum Gasteiger partial charge on any atom is -0.481 e. The quantitative estimate of drug-likeness (QED) is 0.101. The molecule has 0 aliphatic carbocycles. The molecule has 0 aromatic heterocycles. The topological polar surface area (TPSA) is 136 Å².